The van der Waals surface area contributed by atoms with Crippen LogP contribution in [0.25, 0.3) is 154 Å². The van der Waals surface area contributed by atoms with Gasteiger partial charge in [-0.25, -0.2) is 9.97 Å². The molecule has 1 aliphatic rings. The van der Waals surface area contributed by atoms with Gasteiger partial charge in [0.2, 0.25) is 0 Å². The maximum atomic E-state index is 5.15. The monoisotopic (exact) mass is 1440 g/mol. The Balaban J connectivity index is 0.000000144. The molecule has 0 aliphatic heterocycles. The summed E-state index contributed by atoms with van der Waals surface area (Å²) < 4.78 is 4.45. The number of nitrogens with zero attached hydrogens (tertiary/aromatic N) is 6. The van der Waals surface area contributed by atoms with Gasteiger partial charge in [0.05, 0.1) is 22.1 Å². The van der Waals surface area contributed by atoms with Crippen molar-refractivity contribution < 1.29 is 0 Å². The predicted molar refractivity (Wildman–Crippen MR) is 475 cm³/mol. The lowest BCUT2D eigenvalue weighted by Crippen LogP contribution is -2.16. The second-order valence-electron chi connectivity index (χ2n) is 30.1. The Morgan fingerprint density at radius 1 is 0.212 bits per heavy atom. The first kappa shape index (κ1) is 66.5. The zero-order valence-electron chi connectivity index (χ0n) is 62.4. The van der Waals surface area contributed by atoms with Crippen molar-refractivity contribution in [2.75, 3.05) is 9.80 Å². The smallest absolute Gasteiger partial charge is 0.137 e. The van der Waals surface area contributed by atoms with Crippen molar-refractivity contribution in [3.05, 3.63) is 424 Å². The van der Waals surface area contributed by atoms with Gasteiger partial charge in [0.25, 0.3) is 0 Å². The van der Waals surface area contributed by atoms with Crippen molar-refractivity contribution in [3.63, 3.8) is 0 Å². The van der Waals surface area contributed by atoms with Gasteiger partial charge in [-0.05, 0) is 232 Å². The Morgan fingerprint density at radius 3 is 0.903 bits per heavy atom. The summed E-state index contributed by atoms with van der Waals surface area (Å²) in [4.78, 5) is 14.9. The van der Waals surface area contributed by atoms with Gasteiger partial charge in [0.15, 0.2) is 0 Å². The molecule has 6 heteroatoms. The molecule has 0 saturated heterocycles. The highest BCUT2D eigenvalue weighted by Gasteiger charge is 2.36. The minimum atomic E-state index is -0.0750. The van der Waals surface area contributed by atoms with E-state index < -0.39 is 0 Å². The summed E-state index contributed by atoms with van der Waals surface area (Å²) in [5, 5.41) is 9.61. The van der Waals surface area contributed by atoms with Crippen molar-refractivity contribution in [2.24, 2.45) is 0 Å². The van der Waals surface area contributed by atoms with E-state index in [0.717, 1.165) is 67.5 Å². The van der Waals surface area contributed by atoms with Crippen LogP contribution in [0.5, 0.6) is 0 Å². The number of hydrogen-bond donors (Lipinski definition) is 0. The van der Waals surface area contributed by atoms with Gasteiger partial charge in [0.1, 0.15) is 11.3 Å². The van der Waals surface area contributed by atoms with Crippen LogP contribution < -0.4 is 9.80 Å². The van der Waals surface area contributed by atoms with Crippen LogP contribution in [0.3, 0.4) is 0 Å². The average molecular weight is 1440 g/mol. The van der Waals surface area contributed by atoms with Crippen LogP contribution >= 0.6 is 0 Å². The second kappa shape index (κ2) is 27.4. The van der Waals surface area contributed by atoms with Gasteiger partial charge in [-0.1, -0.05) is 293 Å². The first-order valence-corrected chi connectivity index (χ1v) is 38.8. The van der Waals surface area contributed by atoms with Crippen LogP contribution in [0.2, 0.25) is 0 Å². The van der Waals surface area contributed by atoms with Crippen molar-refractivity contribution in [2.45, 2.75) is 19.3 Å². The molecular weight excluding hydrogens is 1370 g/mol. The largest absolute Gasteiger partial charge is 0.311 e. The zero-order valence-corrected chi connectivity index (χ0v) is 62.4. The number of aromatic nitrogens is 4. The summed E-state index contributed by atoms with van der Waals surface area (Å²) in [6.45, 7) is 4.69. The Kier molecular flexibility index (Phi) is 16.1. The van der Waals surface area contributed by atoms with Crippen LogP contribution in [0, 0.1) is 0 Å². The van der Waals surface area contributed by atoms with E-state index in [2.05, 4.69) is 445 Å². The maximum Gasteiger partial charge on any atom is 0.137 e. The van der Waals surface area contributed by atoms with E-state index in [1.54, 1.807) is 0 Å². The molecule has 0 atom stereocenters. The number of imidazole rings is 2. The van der Waals surface area contributed by atoms with E-state index in [1.165, 1.54) is 132 Å². The van der Waals surface area contributed by atoms with Gasteiger partial charge in [-0.2, -0.15) is 0 Å². The average Bonchev–Trinajstić information content (AvgIpc) is 1.61. The highest BCUT2D eigenvalue weighted by Crippen LogP contribution is 2.51. The van der Waals surface area contributed by atoms with Crippen molar-refractivity contribution >= 4 is 111 Å². The number of pyridine rings is 2. The van der Waals surface area contributed by atoms with E-state index in [4.69, 9.17) is 9.97 Å². The van der Waals surface area contributed by atoms with Crippen LogP contribution in [-0.4, -0.2) is 18.8 Å². The molecule has 17 aromatic carbocycles. The lowest BCUT2D eigenvalue weighted by atomic mass is 9.82. The molecule has 22 rings (SSSR count). The molecule has 0 amide bonds. The summed E-state index contributed by atoms with van der Waals surface area (Å²) in [7, 11) is 0. The molecule has 0 spiro atoms. The molecule has 0 N–H and O–H groups in total. The van der Waals surface area contributed by atoms with E-state index in [1.807, 2.05) is 0 Å². The van der Waals surface area contributed by atoms with E-state index in [9.17, 15) is 0 Å². The standard InChI is InChI=1S/C58H41N3.C49H33N3/c1-58(2)53-18-10-9-17-47(53)48-33-30-46(37-54(48)58)61(44-15-7-4-8-16-44)45-28-24-40(25-29-45)39-20-22-41(23-21-39)43-27-32-50-52(36-43)51-35-42(38-13-5-3-6-14-38)26-31-49(51)56-57(50)60-34-12-11-19-55(60)59-56;1-4-12-34(13-5-1)38-25-29-43-45(32-38)46-33-39(26-30-44(46)49-48(43)50-47-18-10-11-31-51(47)49)37-21-19-35(20-22-37)36-23-27-42(28-24-36)52(40-14-6-2-7-15-40)41-16-8-3-9-17-41/h3-37H,1-2H3;1-33H. The van der Waals surface area contributed by atoms with Crippen LogP contribution in [0.1, 0.15) is 25.0 Å². The fourth-order valence-corrected chi connectivity index (χ4v) is 17.5. The minimum Gasteiger partial charge on any atom is -0.311 e. The molecule has 4 heterocycles. The molecule has 0 fully saturated rings. The lowest BCUT2D eigenvalue weighted by Gasteiger charge is -2.28. The molecule has 0 radical (unpaired) electrons. The van der Waals surface area contributed by atoms with Crippen molar-refractivity contribution in [1.82, 2.24) is 18.8 Å². The van der Waals surface area contributed by atoms with Crippen molar-refractivity contribution in [3.8, 4) is 77.9 Å². The maximum absolute atomic E-state index is 5.15. The zero-order chi connectivity index (χ0) is 75.1. The fraction of sp³-hybridized carbons (Fsp3) is 0.0280. The first-order chi connectivity index (χ1) is 55.8. The van der Waals surface area contributed by atoms with Crippen LogP contribution in [0.4, 0.5) is 34.1 Å². The normalized spacial score (nSPS) is 12.2. The van der Waals surface area contributed by atoms with E-state index in [-0.39, 0.29) is 5.41 Å². The van der Waals surface area contributed by atoms with E-state index >= 15 is 0 Å². The third-order valence-electron chi connectivity index (χ3n) is 23.2. The fourth-order valence-electron chi connectivity index (χ4n) is 17.5. The lowest BCUT2D eigenvalue weighted by molar-refractivity contribution is 0.660. The molecule has 4 aromatic heterocycles. The number of benzene rings is 17. The highest BCUT2D eigenvalue weighted by molar-refractivity contribution is 6.26. The highest BCUT2D eigenvalue weighted by atomic mass is 15.1. The minimum absolute atomic E-state index is 0.0750. The topological polar surface area (TPSA) is 41.1 Å². The summed E-state index contributed by atoms with van der Waals surface area (Å²) >= 11 is 0. The SMILES string of the molecule is CC1(C)c2ccccc2-c2ccc(N(c3ccccc3)c3ccc(-c4ccc(-c5ccc6c(c5)c5cc(-c7ccccc7)ccc5c5nc7ccccn7c65)cc4)cc3)cc21.c1ccc(-c2ccc3c(c2)c2cc(-c4ccc(-c5ccc(N(c6ccccc6)c6ccccc6)cc5)cc4)ccc2c2c3nc3ccccn32)cc1. The predicted octanol–water partition coefficient (Wildman–Crippen LogP) is 28.8. The third kappa shape index (κ3) is 11.7. The molecule has 0 saturated carbocycles. The second-order valence-corrected chi connectivity index (χ2v) is 30.1. The number of anilines is 6. The Labute approximate surface area is 655 Å². The Hall–Kier alpha value is -14.7. The molecule has 21 aromatic rings. The van der Waals surface area contributed by atoms with Gasteiger partial charge in [-0.3, -0.25) is 8.80 Å². The van der Waals surface area contributed by atoms with Gasteiger partial charge >= 0.3 is 0 Å². The molecule has 1 aliphatic carbocycles. The first-order valence-electron chi connectivity index (χ1n) is 38.8. The van der Waals surface area contributed by atoms with Gasteiger partial charge in [0, 0.05) is 73.5 Å². The Morgan fingerprint density at radius 2 is 0.496 bits per heavy atom. The quantitative estimate of drug-likeness (QED) is 0.114. The van der Waals surface area contributed by atoms with Crippen molar-refractivity contribution in [1.29, 1.82) is 0 Å². The van der Waals surface area contributed by atoms with Gasteiger partial charge in [-0.15, -0.1) is 0 Å². The third-order valence-corrected chi connectivity index (χ3v) is 23.2. The number of para-hydroxylation sites is 3. The summed E-state index contributed by atoms with van der Waals surface area (Å²) in [5.41, 5.74) is 32.7. The summed E-state index contributed by atoms with van der Waals surface area (Å²) in [6.07, 6.45) is 4.24. The van der Waals surface area contributed by atoms with Crippen LogP contribution in [0.15, 0.2) is 413 Å². The number of fused-ring (bicyclic) bond motifs is 19. The molecular formula is C107H74N6. The molecule has 0 bridgehead atoms. The Bertz CT molecular complexity index is 7160. The summed E-state index contributed by atoms with van der Waals surface area (Å²) in [5.74, 6) is 0. The molecule has 113 heavy (non-hydrogen) atoms. The molecule has 0 unspecified atom stereocenters. The van der Waals surface area contributed by atoms with Crippen LogP contribution in [-0.2, 0) is 5.41 Å². The van der Waals surface area contributed by atoms with E-state index in [0.29, 0.717) is 0 Å². The van der Waals surface area contributed by atoms with Gasteiger partial charge < -0.3 is 9.80 Å². The molecule has 6 nitrogen and oxygen atoms in total. The summed E-state index contributed by atoms with van der Waals surface area (Å²) in [6, 6.07) is 145. The number of hydrogen-bond acceptors (Lipinski definition) is 4. The number of rotatable bonds is 12. The molecule has 532 valence electrons.